The standard InChI is InChI=1S/C22H28N4O2/c1-16-6-8-18(9-7-16)22(28)10-13-26(15-22)20(27)19-14-17(2)23-21(24-19)25-11-4-3-5-12-25/h6-9,14,28H,3-5,10-13,15H2,1-2H3/t22-/m0/s1. The van der Waals surface area contributed by atoms with Gasteiger partial charge in [-0.05, 0) is 51.2 Å². The number of amides is 1. The minimum absolute atomic E-state index is 0.133. The third-order valence-corrected chi connectivity index (χ3v) is 5.82. The maximum atomic E-state index is 13.1. The summed E-state index contributed by atoms with van der Waals surface area (Å²) in [4.78, 5) is 26.1. The number of piperidine rings is 1. The second-order valence-corrected chi connectivity index (χ2v) is 8.12. The molecule has 0 unspecified atom stereocenters. The summed E-state index contributed by atoms with van der Waals surface area (Å²) >= 11 is 0. The number of rotatable bonds is 3. The van der Waals surface area contributed by atoms with Crippen LogP contribution in [0.25, 0.3) is 0 Å². The van der Waals surface area contributed by atoms with Crippen molar-refractivity contribution in [2.45, 2.75) is 45.1 Å². The normalized spacial score (nSPS) is 22.5. The summed E-state index contributed by atoms with van der Waals surface area (Å²) in [5, 5.41) is 11.1. The van der Waals surface area contributed by atoms with E-state index in [1.54, 1.807) is 11.0 Å². The number of carbonyl (C=O) groups is 1. The van der Waals surface area contributed by atoms with Gasteiger partial charge in [-0.2, -0.15) is 0 Å². The highest BCUT2D eigenvalue weighted by atomic mass is 16.3. The Morgan fingerprint density at radius 1 is 1.04 bits per heavy atom. The zero-order chi connectivity index (χ0) is 19.7. The minimum atomic E-state index is -0.999. The summed E-state index contributed by atoms with van der Waals surface area (Å²) in [5.41, 5.74) is 2.23. The van der Waals surface area contributed by atoms with Crippen LogP contribution < -0.4 is 4.90 Å². The van der Waals surface area contributed by atoms with Gasteiger partial charge in [0, 0.05) is 25.3 Å². The van der Waals surface area contributed by atoms with Crippen molar-refractivity contribution in [1.82, 2.24) is 14.9 Å². The minimum Gasteiger partial charge on any atom is -0.383 e. The van der Waals surface area contributed by atoms with Crippen molar-refractivity contribution in [3.05, 3.63) is 52.8 Å². The van der Waals surface area contributed by atoms with Gasteiger partial charge < -0.3 is 14.9 Å². The van der Waals surface area contributed by atoms with Crippen LogP contribution >= 0.6 is 0 Å². The zero-order valence-electron chi connectivity index (χ0n) is 16.7. The quantitative estimate of drug-likeness (QED) is 0.887. The van der Waals surface area contributed by atoms with E-state index in [1.165, 1.54) is 6.42 Å². The number of aryl methyl sites for hydroxylation is 2. The summed E-state index contributed by atoms with van der Waals surface area (Å²) in [6.45, 7) is 6.61. The van der Waals surface area contributed by atoms with Crippen LogP contribution in [0.4, 0.5) is 5.95 Å². The van der Waals surface area contributed by atoms with Crippen LogP contribution in [0, 0.1) is 13.8 Å². The van der Waals surface area contributed by atoms with E-state index in [0.717, 1.165) is 42.8 Å². The number of β-amino-alcohol motifs (C(OH)–C–C–N with tert-alkyl or cyclic N) is 1. The molecule has 2 saturated heterocycles. The predicted molar refractivity (Wildman–Crippen MR) is 108 cm³/mol. The topological polar surface area (TPSA) is 69.6 Å². The highest BCUT2D eigenvalue weighted by Crippen LogP contribution is 2.33. The maximum absolute atomic E-state index is 13.1. The predicted octanol–water partition coefficient (Wildman–Crippen LogP) is 2.82. The fourth-order valence-corrected chi connectivity index (χ4v) is 4.13. The molecular weight excluding hydrogens is 352 g/mol. The van der Waals surface area contributed by atoms with E-state index < -0.39 is 5.60 Å². The lowest BCUT2D eigenvalue weighted by Gasteiger charge is -2.27. The van der Waals surface area contributed by atoms with Crippen molar-refractivity contribution in [1.29, 1.82) is 0 Å². The molecular formula is C22H28N4O2. The smallest absolute Gasteiger partial charge is 0.272 e. The molecule has 28 heavy (non-hydrogen) atoms. The van der Waals surface area contributed by atoms with Gasteiger partial charge in [0.15, 0.2) is 0 Å². The van der Waals surface area contributed by atoms with Crippen LogP contribution in [0.2, 0.25) is 0 Å². The van der Waals surface area contributed by atoms with E-state index >= 15 is 0 Å². The largest absolute Gasteiger partial charge is 0.383 e. The van der Waals surface area contributed by atoms with Crippen molar-refractivity contribution >= 4 is 11.9 Å². The summed E-state index contributed by atoms with van der Waals surface area (Å²) in [5.74, 6) is 0.517. The van der Waals surface area contributed by atoms with Crippen LogP contribution in [0.15, 0.2) is 30.3 Å². The summed E-state index contributed by atoms with van der Waals surface area (Å²) in [7, 11) is 0. The van der Waals surface area contributed by atoms with Crippen molar-refractivity contribution in [3.8, 4) is 0 Å². The third-order valence-electron chi connectivity index (χ3n) is 5.82. The number of anilines is 1. The Hall–Kier alpha value is -2.47. The molecule has 0 spiro atoms. The molecule has 1 N–H and O–H groups in total. The number of aliphatic hydroxyl groups is 1. The SMILES string of the molecule is Cc1ccc([C@]2(O)CCN(C(=O)c3cc(C)nc(N4CCCCC4)n3)C2)cc1. The molecule has 2 aliphatic rings. The number of hydrogen-bond donors (Lipinski definition) is 1. The third kappa shape index (κ3) is 3.74. The molecule has 148 valence electrons. The molecule has 4 rings (SSSR count). The first-order valence-corrected chi connectivity index (χ1v) is 10.1. The Morgan fingerprint density at radius 3 is 2.46 bits per heavy atom. The molecule has 2 aliphatic heterocycles. The zero-order valence-corrected chi connectivity index (χ0v) is 16.7. The number of aromatic nitrogens is 2. The van der Waals surface area contributed by atoms with Gasteiger partial charge in [0.25, 0.3) is 5.91 Å². The van der Waals surface area contributed by atoms with E-state index in [1.807, 2.05) is 38.1 Å². The van der Waals surface area contributed by atoms with Crippen molar-refractivity contribution in [3.63, 3.8) is 0 Å². The Balaban J connectivity index is 1.53. The highest BCUT2D eigenvalue weighted by Gasteiger charge is 2.40. The Kier molecular flexibility index (Phi) is 5.06. The van der Waals surface area contributed by atoms with Gasteiger partial charge >= 0.3 is 0 Å². The molecule has 6 heteroatoms. The van der Waals surface area contributed by atoms with E-state index in [4.69, 9.17) is 0 Å². The molecule has 0 bridgehead atoms. The maximum Gasteiger partial charge on any atom is 0.272 e. The average molecular weight is 380 g/mol. The number of nitrogens with zero attached hydrogens (tertiary/aromatic N) is 4. The fraction of sp³-hybridized carbons (Fsp3) is 0.500. The van der Waals surface area contributed by atoms with E-state index in [-0.39, 0.29) is 12.5 Å². The lowest BCUT2D eigenvalue weighted by Crippen LogP contribution is -2.36. The summed E-state index contributed by atoms with van der Waals surface area (Å²) in [6.07, 6.45) is 4.04. The lowest BCUT2D eigenvalue weighted by molar-refractivity contribution is 0.0415. The van der Waals surface area contributed by atoms with Crippen molar-refractivity contribution < 1.29 is 9.90 Å². The Morgan fingerprint density at radius 2 is 1.75 bits per heavy atom. The molecule has 0 radical (unpaired) electrons. The van der Waals surface area contributed by atoms with Gasteiger partial charge in [-0.15, -0.1) is 0 Å². The number of likely N-dealkylation sites (tertiary alicyclic amines) is 1. The van der Waals surface area contributed by atoms with E-state index in [2.05, 4.69) is 14.9 Å². The second-order valence-electron chi connectivity index (χ2n) is 8.12. The van der Waals surface area contributed by atoms with Crippen LogP contribution in [0.3, 0.4) is 0 Å². The van der Waals surface area contributed by atoms with Crippen LogP contribution in [-0.2, 0) is 5.60 Å². The number of hydrogen-bond acceptors (Lipinski definition) is 5. The van der Waals surface area contributed by atoms with Crippen molar-refractivity contribution in [2.75, 3.05) is 31.1 Å². The number of benzene rings is 1. The highest BCUT2D eigenvalue weighted by molar-refractivity contribution is 5.93. The first-order chi connectivity index (χ1) is 13.4. The Labute approximate surface area is 166 Å². The van der Waals surface area contributed by atoms with Gasteiger partial charge in [-0.3, -0.25) is 4.79 Å². The molecule has 2 fully saturated rings. The van der Waals surface area contributed by atoms with Gasteiger partial charge in [-0.25, -0.2) is 9.97 Å². The molecule has 1 amide bonds. The van der Waals surface area contributed by atoms with Crippen LogP contribution in [-0.4, -0.2) is 52.1 Å². The fourth-order valence-electron chi connectivity index (χ4n) is 4.13. The molecule has 6 nitrogen and oxygen atoms in total. The monoisotopic (exact) mass is 380 g/mol. The molecule has 1 aromatic carbocycles. The number of carbonyl (C=O) groups excluding carboxylic acids is 1. The molecule has 0 aliphatic carbocycles. The lowest BCUT2D eigenvalue weighted by atomic mass is 9.92. The average Bonchev–Trinajstić information content (AvgIpc) is 3.11. The van der Waals surface area contributed by atoms with Gasteiger partial charge in [0.2, 0.25) is 5.95 Å². The van der Waals surface area contributed by atoms with Gasteiger partial charge in [0.1, 0.15) is 11.3 Å². The summed E-state index contributed by atoms with van der Waals surface area (Å²) < 4.78 is 0. The first kappa shape index (κ1) is 18.9. The van der Waals surface area contributed by atoms with Crippen molar-refractivity contribution in [2.24, 2.45) is 0 Å². The second kappa shape index (κ2) is 7.51. The molecule has 1 atom stereocenters. The van der Waals surface area contributed by atoms with E-state index in [0.29, 0.717) is 24.6 Å². The first-order valence-electron chi connectivity index (χ1n) is 10.1. The van der Waals surface area contributed by atoms with Gasteiger partial charge in [-0.1, -0.05) is 29.8 Å². The Bertz CT molecular complexity index is 861. The summed E-state index contributed by atoms with van der Waals surface area (Å²) in [6, 6.07) is 9.64. The van der Waals surface area contributed by atoms with Crippen LogP contribution in [0.1, 0.15) is 53.0 Å². The molecule has 0 saturated carbocycles. The van der Waals surface area contributed by atoms with Crippen LogP contribution in [0.5, 0.6) is 0 Å². The molecule has 2 aromatic rings. The molecule has 1 aromatic heterocycles. The van der Waals surface area contributed by atoms with Gasteiger partial charge in [0.05, 0.1) is 6.54 Å². The van der Waals surface area contributed by atoms with E-state index in [9.17, 15) is 9.90 Å². The molecule has 3 heterocycles.